The van der Waals surface area contributed by atoms with Crippen LogP contribution in [-0.4, -0.2) is 11.6 Å². The minimum absolute atomic E-state index is 0.169. The van der Waals surface area contributed by atoms with E-state index in [9.17, 15) is 9.59 Å². The Morgan fingerprint density at radius 1 is 1.29 bits per heavy atom. The molecular weight excluding hydrogens is 176 g/mol. The van der Waals surface area contributed by atoms with Gasteiger partial charge in [-0.2, -0.15) is 0 Å². The second kappa shape index (κ2) is 3.04. The second-order valence-corrected chi connectivity index (χ2v) is 4.75. The summed E-state index contributed by atoms with van der Waals surface area (Å²) in [5.41, 5.74) is 0.571. The molecule has 2 aliphatic rings. The van der Waals surface area contributed by atoms with Crippen molar-refractivity contribution in [2.24, 2.45) is 11.3 Å². The summed E-state index contributed by atoms with van der Waals surface area (Å²) < 4.78 is 0. The van der Waals surface area contributed by atoms with E-state index in [4.69, 9.17) is 0 Å². The van der Waals surface area contributed by atoms with Crippen molar-refractivity contribution in [2.45, 2.75) is 39.0 Å². The van der Waals surface area contributed by atoms with Crippen LogP contribution in [0.25, 0.3) is 0 Å². The number of Topliss-reactive ketones (excluding diaryl/α,β-unsaturated/α-hetero) is 2. The summed E-state index contributed by atoms with van der Waals surface area (Å²) in [5.74, 6) is 0.331. The predicted octanol–water partition coefficient (Wildman–Crippen LogP) is 2.28. The Balaban J connectivity index is 2.40. The van der Waals surface area contributed by atoms with Crippen LogP contribution in [0.1, 0.15) is 39.0 Å². The average Bonchev–Trinajstić information content (AvgIpc) is 2.12. The molecule has 2 rings (SSSR count). The van der Waals surface area contributed by atoms with Crippen LogP contribution in [0, 0.1) is 11.3 Å². The molecule has 2 atom stereocenters. The molecule has 0 amide bonds. The highest BCUT2D eigenvalue weighted by Crippen LogP contribution is 2.48. The topological polar surface area (TPSA) is 34.1 Å². The van der Waals surface area contributed by atoms with E-state index in [1.165, 1.54) is 0 Å². The zero-order chi connectivity index (χ0) is 10.3. The number of carbonyl (C=O) groups is 2. The molecule has 0 aromatic carbocycles. The first-order valence-corrected chi connectivity index (χ1v) is 5.29. The third-order valence-electron chi connectivity index (χ3n) is 3.80. The van der Waals surface area contributed by atoms with Crippen molar-refractivity contribution in [3.8, 4) is 0 Å². The predicted molar refractivity (Wildman–Crippen MR) is 53.8 cm³/mol. The standard InChI is InChI=1S/C12H16O2/c1-8-4-3-7-12(2)10(14)6-5-9(13)11(8)12/h11H,1,3-7H2,2H3/t11-,12+/m1/s1. The van der Waals surface area contributed by atoms with Gasteiger partial charge in [-0.15, -0.1) is 0 Å². The van der Waals surface area contributed by atoms with Crippen LogP contribution >= 0.6 is 0 Å². The molecule has 2 saturated carbocycles. The van der Waals surface area contributed by atoms with E-state index in [2.05, 4.69) is 6.58 Å². The summed E-state index contributed by atoms with van der Waals surface area (Å²) in [6.45, 7) is 5.90. The molecule has 0 heterocycles. The number of hydrogen-bond acceptors (Lipinski definition) is 2. The van der Waals surface area contributed by atoms with Crippen molar-refractivity contribution in [3.05, 3.63) is 12.2 Å². The van der Waals surface area contributed by atoms with E-state index in [0.29, 0.717) is 12.8 Å². The molecule has 2 fully saturated rings. The van der Waals surface area contributed by atoms with Gasteiger partial charge in [-0.1, -0.05) is 19.1 Å². The molecule has 0 spiro atoms. The largest absolute Gasteiger partial charge is 0.299 e. The van der Waals surface area contributed by atoms with Crippen LogP contribution in [-0.2, 0) is 9.59 Å². The van der Waals surface area contributed by atoms with Gasteiger partial charge in [0.05, 0.1) is 5.92 Å². The fraction of sp³-hybridized carbons (Fsp3) is 0.667. The van der Waals surface area contributed by atoms with Crippen LogP contribution < -0.4 is 0 Å². The Bertz CT molecular complexity index is 308. The summed E-state index contributed by atoms with van der Waals surface area (Å²) >= 11 is 0. The van der Waals surface area contributed by atoms with E-state index in [0.717, 1.165) is 24.8 Å². The maximum absolute atomic E-state index is 11.8. The molecule has 0 aliphatic heterocycles. The maximum atomic E-state index is 11.8. The van der Waals surface area contributed by atoms with E-state index in [1.54, 1.807) is 0 Å². The lowest BCUT2D eigenvalue weighted by atomic mass is 9.58. The number of hydrogen-bond donors (Lipinski definition) is 0. The Morgan fingerprint density at radius 2 is 2.00 bits per heavy atom. The van der Waals surface area contributed by atoms with E-state index < -0.39 is 5.41 Å². The van der Waals surface area contributed by atoms with Gasteiger partial charge in [-0.3, -0.25) is 9.59 Å². The first-order valence-electron chi connectivity index (χ1n) is 5.29. The quantitative estimate of drug-likeness (QED) is 0.552. The van der Waals surface area contributed by atoms with Gasteiger partial charge in [0.2, 0.25) is 0 Å². The molecule has 14 heavy (non-hydrogen) atoms. The number of allylic oxidation sites excluding steroid dienone is 1. The monoisotopic (exact) mass is 192 g/mol. The van der Waals surface area contributed by atoms with Gasteiger partial charge in [0.15, 0.2) is 0 Å². The van der Waals surface area contributed by atoms with Crippen molar-refractivity contribution < 1.29 is 9.59 Å². The van der Waals surface area contributed by atoms with Gasteiger partial charge in [0, 0.05) is 18.3 Å². The first kappa shape index (κ1) is 9.63. The minimum Gasteiger partial charge on any atom is -0.299 e. The molecule has 0 aromatic rings. The molecule has 0 bridgehead atoms. The Morgan fingerprint density at radius 3 is 2.64 bits per heavy atom. The van der Waals surface area contributed by atoms with Crippen molar-refractivity contribution in [2.75, 3.05) is 0 Å². The molecule has 2 nitrogen and oxygen atoms in total. The number of fused-ring (bicyclic) bond motifs is 1. The van der Waals surface area contributed by atoms with Gasteiger partial charge >= 0.3 is 0 Å². The first-order chi connectivity index (χ1) is 6.55. The smallest absolute Gasteiger partial charge is 0.141 e. The SMILES string of the molecule is C=C1CCC[C@@]2(C)C(=O)CCC(=O)[C@@H]12. The normalized spacial score (nSPS) is 38.4. The van der Waals surface area contributed by atoms with E-state index in [1.807, 2.05) is 6.92 Å². The molecule has 0 saturated heterocycles. The number of ketones is 2. The van der Waals surface area contributed by atoms with Crippen molar-refractivity contribution >= 4 is 11.6 Å². The zero-order valence-electron chi connectivity index (χ0n) is 8.64. The molecule has 76 valence electrons. The summed E-state index contributed by atoms with van der Waals surface area (Å²) in [6.07, 6.45) is 3.66. The molecule has 0 radical (unpaired) electrons. The second-order valence-electron chi connectivity index (χ2n) is 4.75. The van der Waals surface area contributed by atoms with Crippen LogP contribution in [0.3, 0.4) is 0 Å². The number of rotatable bonds is 0. The van der Waals surface area contributed by atoms with Gasteiger partial charge in [0.1, 0.15) is 11.6 Å². The van der Waals surface area contributed by atoms with Gasteiger partial charge in [-0.05, 0) is 19.3 Å². The Hall–Kier alpha value is -0.920. The molecule has 0 N–H and O–H groups in total. The number of carbonyl (C=O) groups excluding carboxylic acids is 2. The highest BCUT2D eigenvalue weighted by Gasteiger charge is 2.49. The van der Waals surface area contributed by atoms with Crippen LogP contribution in [0.4, 0.5) is 0 Å². The Labute approximate surface area is 84.4 Å². The lowest BCUT2D eigenvalue weighted by Gasteiger charge is -2.43. The zero-order valence-corrected chi connectivity index (χ0v) is 8.64. The highest BCUT2D eigenvalue weighted by atomic mass is 16.1. The van der Waals surface area contributed by atoms with Gasteiger partial charge in [0.25, 0.3) is 0 Å². The molecule has 2 aliphatic carbocycles. The molecular formula is C12H16O2. The fourth-order valence-electron chi connectivity index (χ4n) is 2.97. The molecule has 0 aromatic heterocycles. The van der Waals surface area contributed by atoms with Crippen LogP contribution in [0.5, 0.6) is 0 Å². The third kappa shape index (κ3) is 1.17. The lowest BCUT2D eigenvalue weighted by Crippen LogP contribution is -2.47. The lowest BCUT2D eigenvalue weighted by molar-refractivity contribution is -0.144. The minimum atomic E-state index is -0.412. The van der Waals surface area contributed by atoms with Crippen molar-refractivity contribution in [3.63, 3.8) is 0 Å². The Kier molecular flexibility index (Phi) is 2.09. The van der Waals surface area contributed by atoms with Crippen molar-refractivity contribution in [1.29, 1.82) is 0 Å². The third-order valence-corrected chi connectivity index (χ3v) is 3.80. The van der Waals surface area contributed by atoms with Crippen molar-refractivity contribution in [1.82, 2.24) is 0 Å². The van der Waals surface area contributed by atoms with E-state index in [-0.39, 0.29) is 17.5 Å². The van der Waals surface area contributed by atoms with Crippen LogP contribution in [0.2, 0.25) is 0 Å². The summed E-state index contributed by atoms with van der Waals surface area (Å²) in [4.78, 5) is 23.6. The fourth-order valence-corrected chi connectivity index (χ4v) is 2.97. The summed E-state index contributed by atoms with van der Waals surface area (Å²) in [7, 11) is 0. The summed E-state index contributed by atoms with van der Waals surface area (Å²) in [6, 6.07) is 0. The molecule has 0 unspecified atom stereocenters. The summed E-state index contributed by atoms with van der Waals surface area (Å²) in [5, 5.41) is 0. The van der Waals surface area contributed by atoms with E-state index >= 15 is 0 Å². The highest BCUT2D eigenvalue weighted by molar-refractivity contribution is 6.00. The van der Waals surface area contributed by atoms with Crippen LogP contribution in [0.15, 0.2) is 12.2 Å². The maximum Gasteiger partial charge on any atom is 0.141 e. The molecule has 2 heteroatoms. The van der Waals surface area contributed by atoms with Gasteiger partial charge in [-0.25, -0.2) is 0 Å². The van der Waals surface area contributed by atoms with Gasteiger partial charge < -0.3 is 0 Å². The average molecular weight is 192 g/mol.